The average molecular weight is 525 g/mol. The monoisotopic (exact) mass is 524 g/mol. The summed E-state index contributed by atoms with van der Waals surface area (Å²) in [6, 6.07) is 24.1. The number of hydrogen-bond acceptors (Lipinski definition) is 5. The zero-order valence-corrected chi connectivity index (χ0v) is 22.7. The third-order valence-corrected chi connectivity index (χ3v) is 6.89. The predicted molar refractivity (Wildman–Crippen MR) is 151 cm³/mol. The number of aromatic amines is 1. The van der Waals surface area contributed by atoms with Crippen molar-refractivity contribution in [1.82, 2.24) is 30.1 Å². The molecule has 8 heteroatoms. The lowest BCUT2D eigenvalue weighted by Gasteiger charge is -2.33. The SMILES string of the molecule is Cc1ccc2[nH]c(=O)c([C@@H](c3nnnn3C(C)(C)C)N(CCc3ccccc3)Cc3ccc(F)cc3)cc2c1. The maximum atomic E-state index is 13.8. The Hall–Kier alpha value is -4.17. The van der Waals surface area contributed by atoms with E-state index in [0.29, 0.717) is 24.5 Å². The lowest BCUT2D eigenvalue weighted by Crippen LogP contribution is -2.38. The number of rotatable bonds is 8. The molecule has 5 aromatic rings. The summed E-state index contributed by atoms with van der Waals surface area (Å²) in [4.78, 5) is 19.0. The molecule has 0 fully saturated rings. The number of aromatic nitrogens is 5. The summed E-state index contributed by atoms with van der Waals surface area (Å²) in [7, 11) is 0. The molecule has 39 heavy (non-hydrogen) atoms. The highest BCUT2D eigenvalue weighted by Gasteiger charge is 2.33. The molecule has 3 aromatic carbocycles. The van der Waals surface area contributed by atoms with Gasteiger partial charge in [0.25, 0.3) is 5.56 Å². The van der Waals surface area contributed by atoms with Gasteiger partial charge >= 0.3 is 0 Å². The Labute approximate surface area is 227 Å². The molecule has 0 aliphatic rings. The molecule has 0 amide bonds. The summed E-state index contributed by atoms with van der Waals surface area (Å²) in [5.41, 5.74) is 3.93. The van der Waals surface area contributed by atoms with Gasteiger partial charge < -0.3 is 4.98 Å². The minimum atomic E-state index is -0.554. The Morgan fingerprint density at radius 1 is 0.974 bits per heavy atom. The maximum absolute atomic E-state index is 13.8. The van der Waals surface area contributed by atoms with Crippen molar-refractivity contribution in [1.29, 1.82) is 0 Å². The van der Waals surface area contributed by atoms with Crippen LogP contribution < -0.4 is 5.56 Å². The van der Waals surface area contributed by atoms with Crippen LogP contribution in [0.2, 0.25) is 0 Å². The van der Waals surface area contributed by atoms with E-state index in [4.69, 9.17) is 0 Å². The highest BCUT2D eigenvalue weighted by molar-refractivity contribution is 5.79. The van der Waals surface area contributed by atoms with E-state index in [9.17, 15) is 9.18 Å². The van der Waals surface area contributed by atoms with Gasteiger partial charge in [0.05, 0.1) is 5.54 Å². The molecule has 200 valence electrons. The van der Waals surface area contributed by atoms with E-state index in [2.05, 4.69) is 43.6 Å². The molecule has 0 bridgehead atoms. The summed E-state index contributed by atoms with van der Waals surface area (Å²) >= 11 is 0. The second kappa shape index (κ2) is 10.9. The van der Waals surface area contributed by atoms with Gasteiger partial charge in [-0.2, -0.15) is 0 Å². The van der Waals surface area contributed by atoms with Crippen LogP contribution in [0.3, 0.4) is 0 Å². The van der Waals surface area contributed by atoms with Crippen LogP contribution in [-0.2, 0) is 18.5 Å². The molecule has 0 aliphatic carbocycles. The summed E-state index contributed by atoms with van der Waals surface area (Å²) in [6.07, 6.45) is 0.750. The Morgan fingerprint density at radius 2 is 1.72 bits per heavy atom. The number of hydrogen-bond donors (Lipinski definition) is 1. The third kappa shape index (κ3) is 5.96. The summed E-state index contributed by atoms with van der Waals surface area (Å²) in [5.74, 6) is 0.291. The fourth-order valence-corrected chi connectivity index (χ4v) is 4.93. The molecule has 2 aromatic heterocycles. The second-order valence-corrected chi connectivity index (χ2v) is 11.0. The first-order valence-corrected chi connectivity index (χ1v) is 13.1. The highest BCUT2D eigenvalue weighted by Crippen LogP contribution is 2.31. The number of nitrogens with one attached hydrogen (secondary N) is 1. The van der Waals surface area contributed by atoms with Gasteiger partial charge in [0.15, 0.2) is 5.82 Å². The quantitative estimate of drug-likeness (QED) is 0.288. The lowest BCUT2D eigenvalue weighted by atomic mass is 9.99. The lowest BCUT2D eigenvalue weighted by molar-refractivity contribution is 0.195. The fourth-order valence-electron chi connectivity index (χ4n) is 4.93. The molecule has 0 saturated heterocycles. The molecule has 7 nitrogen and oxygen atoms in total. The van der Waals surface area contributed by atoms with E-state index in [1.807, 2.05) is 64.1 Å². The predicted octanol–water partition coefficient (Wildman–Crippen LogP) is 5.55. The summed E-state index contributed by atoms with van der Waals surface area (Å²) in [5, 5.41) is 13.8. The standard InChI is InChI=1S/C31H33FN6O/c1-21-10-15-27-24(18-21)19-26(30(39)33-27)28(29-34-35-36-38(29)31(2,3)4)37(17-16-22-8-6-5-7-9-22)20-23-11-13-25(32)14-12-23/h5-15,18-19,28H,16-17,20H2,1-4H3,(H,33,39)/t28-/m0/s1. The van der Waals surface area contributed by atoms with Gasteiger partial charge in [-0.25, -0.2) is 9.07 Å². The Morgan fingerprint density at radius 3 is 2.44 bits per heavy atom. The van der Waals surface area contributed by atoms with Gasteiger partial charge in [-0.1, -0.05) is 54.1 Å². The largest absolute Gasteiger partial charge is 0.322 e. The van der Waals surface area contributed by atoms with Crippen molar-refractivity contribution < 1.29 is 4.39 Å². The number of halogens is 1. The molecule has 0 saturated carbocycles. The van der Waals surface area contributed by atoms with E-state index in [0.717, 1.165) is 28.5 Å². The molecule has 0 aliphatic heterocycles. The number of benzene rings is 3. The van der Waals surface area contributed by atoms with Gasteiger partial charge in [-0.15, -0.1) is 5.10 Å². The van der Waals surface area contributed by atoms with Gasteiger partial charge in [-0.05, 0) is 91.4 Å². The van der Waals surface area contributed by atoms with Crippen LogP contribution in [-0.4, -0.2) is 36.6 Å². The third-order valence-electron chi connectivity index (χ3n) is 6.89. The normalized spacial score (nSPS) is 12.8. The Balaban J connectivity index is 1.68. The zero-order chi connectivity index (χ0) is 27.6. The van der Waals surface area contributed by atoms with Crippen LogP contribution in [0.1, 0.15) is 54.9 Å². The van der Waals surface area contributed by atoms with Crippen LogP contribution in [0.5, 0.6) is 0 Å². The fraction of sp³-hybridized carbons (Fsp3) is 0.290. The van der Waals surface area contributed by atoms with Crippen molar-refractivity contribution >= 4 is 10.9 Å². The van der Waals surface area contributed by atoms with Crippen molar-refractivity contribution in [3.63, 3.8) is 0 Å². The molecule has 0 unspecified atom stereocenters. The van der Waals surface area contributed by atoms with E-state index in [1.165, 1.54) is 17.7 Å². The number of tetrazole rings is 1. The van der Waals surface area contributed by atoms with Crippen molar-refractivity contribution in [2.24, 2.45) is 0 Å². The van der Waals surface area contributed by atoms with Crippen molar-refractivity contribution in [3.05, 3.63) is 123 Å². The van der Waals surface area contributed by atoms with E-state index < -0.39 is 11.6 Å². The maximum Gasteiger partial charge on any atom is 0.253 e. The van der Waals surface area contributed by atoms with Crippen LogP contribution in [0.15, 0.2) is 83.7 Å². The van der Waals surface area contributed by atoms with E-state index in [-0.39, 0.29) is 11.4 Å². The summed E-state index contributed by atoms with van der Waals surface area (Å²) in [6.45, 7) is 9.22. The average Bonchev–Trinajstić information content (AvgIpc) is 3.40. The molecular formula is C31H33FN6O. The minimum Gasteiger partial charge on any atom is -0.322 e. The van der Waals surface area contributed by atoms with Crippen molar-refractivity contribution in [2.45, 2.75) is 52.2 Å². The van der Waals surface area contributed by atoms with Gasteiger partial charge in [0, 0.05) is 24.2 Å². The molecule has 5 rings (SSSR count). The minimum absolute atomic E-state index is 0.191. The molecule has 2 heterocycles. The van der Waals surface area contributed by atoms with Crippen LogP contribution in [0, 0.1) is 12.7 Å². The number of aryl methyl sites for hydroxylation is 1. The molecule has 0 radical (unpaired) electrons. The second-order valence-electron chi connectivity index (χ2n) is 11.0. The van der Waals surface area contributed by atoms with Gasteiger partial charge in [0.2, 0.25) is 0 Å². The van der Waals surface area contributed by atoms with E-state index >= 15 is 0 Å². The smallest absolute Gasteiger partial charge is 0.253 e. The first-order valence-electron chi connectivity index (χ1n) is 13.1. The first-order chi connectivity index (χ1) is 18.7. The molecule has 0 spiro atoms. The topological polar surface area (TPSA) is 79.7 Å². The zero-order valence-electron chi connectivity index (χ0n) is 22.7. The molecule has 1 N–H and O–H groups in total. The first kappa shape index (κ1) is 26.4. The highest BCUT2D eigenvalue weighted by atomic mass is 19.1. The molecular weight excluding hydrogens is 491 g/mol. The van der Waals surface area contributed by atoms with Gasteiger partial charge in [0.1, 0.15) is 11.9 Å². The number of nitrogens with zero attached hydrogens (tertiary/aromatic N) is 5. The van der Waals surface area contributed by atoms with E-state index in [1.54, 1.807) is 16.8 Å². The number of fused-ring (bicyclic) bond motifs is 1. The van der Waals surface area contributed by atoms with Crippen molar-refractivity contribution in [2.75, 3.05) is 6.54 Å². The van der Waals surface area contributed by atoms with Crippen LogP contribution in [0.25, 0.3) is 10.9 Å². The van der Waals surface area contributed by atoms with Crippen LogP contribution >= 0.6 is 0 Å². The Bertz CT molecular complexity index is 1620. The summed E-state index contributed by atoms with van der Waals surface area (Å²) < 4.78 is 15.6. The number of pyridine rings is 1. The van der Waals surface area contributed by atoms with Crippen molar-refractivity contribution in [3.8, 4) is 0 Å². The molecule has 1 atom stereocenters. The van der Waals surface area contributed by atoms with Gasteiger partial charge in [-0.3, -0.25) is 9.69 Å². The van der Waals surface area contributed by atoms with Crippen LogP contribution in [0.4, 0.5) is 4.39 Å². The Kier molecular flexibility index (Phi) is 7.39. The number of H-pyrrole nitrogens is 1.